The topological polar surface area (TPSA) is 31.4 Å². The monoisotopic (exact) mass is 288 g/mol. The highest BCUT2D eigenvalue weighted by molar-refractivity contribution is 5.48. The van der Waals surface area contributed by atoms with E-state index in [0.717, 1.165) is 18.3 Å². The summed E-state index contributed by atoms with van der Waals surface area (Å²) in [6.07, 6.45) is 4.68. The molecule has 2 fully saturated rings. The first-order valence-corrected chi connectivity index (χ1v) is 8.32. The van der Waals surface area contributed by atoms with Crippen molar-refractivity contribution in [2.45, 2.75) is 58.3 Å². The Morgan fingerprint density at radius 3 is 3.05 bits per heavy atom. The number of fused-ring (bicyclic) bond motifs is 1. The molecule has 4 heteroatoms. The van der Waals surface area contributed by atoms with Crippen molar-refractivity contribution in [3.63, 3.8) is 0 Å². The summed E-state index contributed by atoms with van der Waals surface area (Å²) >= 11 is 0. The fraction of sp³-hybridized carbons (Fsp3) is 0.706. The lowest BCUT2D eigenvalue weighted by Crippen LogP contribution is -2.55. The van der Waals surface area contributed by atoms with Crippen molar-refractivity contribution >= 4 is 5.69 Å². The minimum absolute atomic E-state index is 0.497. The Labute approximate surface area is 128 Å². The average molecular weight is 288 g/mol. The number of hydrogen-bond acceptors (Lipinski definition) is 4. The third kappa shape index (κ3) is 3.38. The maximum Gasteiger partial charge on any atom is 0.0562 e. The van der Waals surface area contributed by atoms with E-state index in [1.807, 2.05) is 6.20 Å². The van der Waals surface area contributed by atoms with Gasteiger partial charge in [-0.25, -0.2) is 0 Å². The van der Waals surface area contributed by atoms with Crippen LogP contribution in [0.5, 0.6) is 0 Å². The van der Waals surface area contributed by atoms with Gasteiger partial charge in [-0.05, 0) is 38.4 Å². The molecule has 0 aromatic carbocycles. The number of nitrogens with zero attached hydrogens (tertiary/aromatic N) is 3. The van der Waals surface area contributed by atoms with Crippen LogP contribution in [0.2, 0.25) is 0 Å². The van der Waals surface area contributed by atoms with Gasteiger partial charge in [0.05, 0.1) is 5.69 Å². The summed E-state index contributed by atoms with van der Waals surface area (Å²) in [7, 11) is 0. The van der Waals surface area contributed by atoms with E-state index in [1.165, 1.54) is 38.2 Å². The van der Waals surface area contributed by atoms with Crippen molar-refractivity contribution in [2.75, 3.05) is 24.5 Å². The molecular weight excluding hydrogens is 260 g/mol. The largest absolute Gasteiger partial charge is 0.366 e. The van der Waals surface area contributed by atoms with E-state index in [-0.39, 0.29) is 0 Å². The van der Waals surface area contributed by atoms with Crippen molar-refractivity contribution in [2.24, 2.45) is 0 Å². The highest BCUT2D eigenvalue weighted by Crippen LogP contribution is 2.28. The second-order valence-corrected chi connectivity index (χ2v) is 6.83. The third-order valence-electron chi connectivity index (χ3n) is 4.76. The Morgan fingerprint density at radius 2 is 2.24 bits per heavy atom. The van der Waals surface area contributed by atoms with Crippen LogP contribution >= 0.6 is 0 Å². The van der Waals surface area contributed by atoms with E-state index in [9.17, 15) is 0 Å². The Morgan fingerprint density at radius 1 is 1.38 bits per heavy atom. The number of nitrogens with one attached hydrogen (secondary N) is 1. The molecular formula is C17H28N4. The molecule has 21 heavy (non-hydrogen) atoms. The second-order valence-electron chi connectivity index (χ2n) is 6.83. The fourth-order valence-corrected chi connectivity index (χ4v) is 3.60. The number of pyridine rings is 1. The molecule has 2 saturated heterocycles. The van der Waals surface area contributed by atoms with Crippen LogP contribution in [0.25, 0.3) is 0 Å². The lowest BCUT2D eigenvalue weighted by Gasteiger charge is -2.43. The highest BCUT2D eigenvalue weighted by Gasteiger charge is 2.34. The van der Waals surface area contributed by atoms with Crippen LogP contribution < -0.4 is 10.2 Å². The minimum Gasteiger partial charge on any atom is -0.366 e. The minimum atomic E-state index is 0.497. The van der Waals surface area contributed by atoms with Gasteiger partial charge in [0.25, 0.3) is 0 Å². The van der Waals surface area contributed by atoms with Crippen LogP contribution in [0.4, 0.5) is 5.69 Å². The van der Waals surface area contributed by atoms with E-state index in [0.29, 0.717) is 12.1 Å². The zero-order valence-electron chi connectivity index (χ0n) is 13.5. The first-order chi connectivity index (χ1) is 10.1. The van der Waals surface area contributed by atoms with E-state index < -0.39 is 0 Å². The SMILES string of the molecule is CC(C)NCc1cc(N2CC3CCCN3CC2C)ccn1. The zero-order valence-corrected chi connectivity index (χ0v) is 13.5. The van der Waals surface area contributed by atoms with Crippen molar-refractivity contribution in [1.29, 1.82) is 0 Å². The number of rotatable bonds is 4. The van der Waals surface area contributed by atoms with Gasteiger partial charge < -0.3 is 10.2 Å². The Kier molecular flexibility index (Phi) is 4.45. The van der Waals surface area contributed by atoms with Gasteiger partial charge in [0.1, 0.15) is 0 Å². The van der Waals surface area contributed by atoms with Gasteiger partial charge in [0, 0.05) is 49.6 Å². The van der Waals surface area contributed by atoms with Gasteiger partial charge >= 0.3 is 0 Å². The third-order valence-corrected chi connectivity index (χ3v) is 4.76. The summed E-state index contributed by atoms with van der Waals surface area (Å²) in [5, 5.41) is 3.45. The smallest absolute Gasteiger partial charge is 0.0562 e. The van der Waals surface area contributed by atoms with Gasteiger partial charge in [-0.15, -0.1) is 0 Å². The van der Waals surface area contributed by atoms with Gasteiger partial charge in [0.2, 0.25) is 0 Å². The summed E-state index contributed by atoms with van der Waals surface area (Å²) in [4.78, 5) is 9.74. The summed E-state index contributed by atoms with van der Waals surface area (Å²) in [6.45, 7) is 11.2. The quantitative estimate of drug-likeness (QED) is 0.921. The van der Waals surface area contributed by atoms with Crippen molar-refractivity contribution in [1.82, 2.24) is 15.2 Å². The molecule has 0 saturated carbocycles. The number of aromatic nitrogens is 1. The molecule has 2 aliphatic heterocycles. The molecule has 2 aliphatic rings. The molecule has 1 N–H and O–H groups in total. The molecule has 1 aromatic heterocycles. The van der Waals surface area contributed by atoms with Crippen LogP contribution in [0, 0.1) is 0 Å². The second kappa shape index (κ2) is 6.32. The molecule has 0 aliphatic carbocycles. The fourth-order valence-electron chi connectivity index (χ4n) is 3.60. The Bertz CT molecular complexity index is 474. The van der Waals surface area contributed by atoms with E-state index in [4.69, 9.17) is 0 Å². The van der Waals surface area contributed by atoms with Gasteiger partial charge in [0.15, 0.2) is 0 Å². The van der Waals surface area contributed by atoms with Crippen LogP contribution in [-0.2, 0) is 6.54 Å². The first-order valence-electron chi connectivity index (χ1n) is 8.32. The van der Waals surface area contributed by atoms with E-state index in [1.54, 1.807) is 0 Å². The predicted octanol–water partition coefficient (Wildman–Crippen LogP) is 2.25. The predicted molar refractivity (Wildman–Crippen MR) is 87.6 cm³/mol. The van der Waals surface area contributed by atoms with Gasteiger partial charge in [-0.1, -0.05) is 13.8 Å². The van der Waals surface area contributed by atoms with Crippen molar-refractivity contribution in [3.05, 3.63) is 24.0 Å². The Hall–Kier alpha value is -1.13. The highest BCUT2D eigenvalue weighted by atomic mass is 15.3. The van der Waals surface area contributed by atoms with E-state index >= 15 is 0 Å². The molecule has 3 heterocycles. The molecule has 1 aromatic rings. The zero-order chi connectivity index (χ0) is 14.8. The van der Waals surface area contributed by atoms with E-state index in [2.05, 4.69) is 53.0 Å². The average Bonchev–Trinajstić information content (AvgIpc) is 2.91. The maximum atomic E-state index is 4.50. The van der Waals surface area contributed by atoms with Gasteiger partial charge in [-0.2, -0.15) is 0 Å². The molecule has 2 unspecified atom stereocenters. The lowest BCUT2D eigenvalue weighted by molar-refractivity contribution is 0.203. The number of piperazine rings is 1. The standard InChI is InChI=1S/C17H28N4/c1-13(2)19-10-15-9-16(6-7-18-15)21-12-17-5-4-8-20(17)11-14(21)3/h6-7,9,13-14,17,19H,4-5,8,10-12H2,1-3H3. The molecule has 0 amide bonds. The van der Waals surface area contributed by atoms with Crippen LogP contribution in [0.1, 0.15) is 39.3 Å². The lowest BCUT2D eigenvalue weighted by atomic mass is 10.1. The van der Waals surface area contributed by atoms with Crippen molar-refractivity contribution < 1.29 is 0 Å². The molecule has 0 spiro atoms. The first kappa shape index (κ1) is 14.8. The van der Waals surface area contributed by atoms with Gasteiger partial charge in [-0.3, -0.25) is 9.88 Å². The van der Waals surface area contributed by atoms with Crippen LogP contribution in [0.3, 0.4) is 0 Å². The summed E-state index contributed by atoms with van der Waals surface area (Å²) < 4.78 is 0. The normalized spacial score (nSPS) is 26.4. The summed E-state index contributed by atoms with van der Waals surface area (Å²) in [5.74, 6) is 0. The molecule has 3 rings (SSSR count). The van der Waals surface area contributed by atoms with Crippen LogP contribution in [-0.4, -0.2) is 47.6 Å². The van der Waals surface area contributed by atoms with Crippen molar-refractivity contribution in [3.8, 4) is 0 Å². The summed E-state index contributed by atoms with van der Waals surface area (Å²) in [6, 6.07) is 6.27. The molecule has 116 valence electrons. The Balaban J connectivity index is 1.71. The maximum absolute atomic E-state index is 4.50. The molecule has 4 nitrogen and oxygen atoms in total. The number of anilines is 1. The summed E-state index contributed by atoms with van der Waals surface area (Å²) in [5.41, 5.74) is 2.48. The van der Waals surface area contributed by atoms with Crippen LogP contribution in [0.15, 0.2) is 18.3 Å². The molecule has 0 bridgehead atoms. The molecule has 0 radical (unpaired) electrons. The molecule has 2 atom stereocenters. The number of hydrogen-bond donors (Lipinski definition) is 1.